The van der Waals surface area contributed by atoms with Crippen LogP contribution in [0, 0.1) is 25.2 Å². The molecule has 7 nitrogen and oxygen atoms in total. The van der Waals surface area contributed by atoms with Crippen molar-refractivity contribution in [3.63, 3.8) is 0 Å². The highest BCUT2D eigenvalue weighted by molar-refractivity contribution is 5.99. The van der Waals surface area contributed by atoms with Gasteiger partial charge in [0, 0.05) is 18.5 Å². The average molecular weight is 404 g/mol. The third-order valence-electron chi connectivity index (χ3n) is 4.73. The number of methoxy groups -OCH3 is 2. The summed E-state index contributed by atoms with van der Waals surface area (Å²) in [5.41, 5.74) is 3.83. The highest BCUT2D eigenvalue weighted by atomic mass is 16.5. The molecule has 2 aromatic carbocycles. The van der Waals surface area contributed by atoms with Gasteiger partial charge in [-0.2, -0.15) is 5.26 Å². The molecule has 0 unspecified atom stereocenters. The van der Waals surface area contributed by atoms with Crippen LogP contribution in [0.2, 0.25) is 0 Å². The summed E-state index contributed by atoms with van der Waals surface area (Å²) in [7, 11) is 3.01. The summed E-state index contributed by atoms with van der Waals surface area (Å²) >= 11 is 0. The largest absolute Gasteiger partial charge is 0.496 e. The van der Waals surface area contributed by atoms with E-state index in [0.717, 1.165) is 22.0 Å². The summed E-state index contributed by atoms with van der Waals surface area (Å²) in [4.78, 5) is 17.3. The first kappa shape index (κ1) is 20.9. The zero-order valence-electron chi connectivity index (χ0n) is 17.5. The smallest absolute Gasteiger partial charge is 0.258 e. The number of carbonyl (C=O) groups excluding carboxylic acids is 1. The van der Waals surface area contributed by atoms with Crippen molar-refractivity contribution in [1.29, 1.82) is 5.26 Å². The molecule has 0 aliphatic carbocycles. The van der Waals surface area contributed by atoms with Crippen LogP contribution in [0.3, 0.4) is 0 Å². The number of fused-ring (bicyclic) bond motifs is 1. The van der Waals surface area contributed by atoms with Crippen molar-refractivity contribution >= 4 is 22.6 Å². The number of amides is 1. The lowest BCUT2D eigenvalue weighted by molar-refractivity contribution is 0.0949. The molecule has 1 amide bonds. The van der Waals surface area contributed by atoms with E-state index in [4.69, 9.17) is 9.47 Å². The molecule has 7 heteroatoms. The highest BCUT2D eigenvalue weighted by Gasteiger charge is 2.17. The molecule has 2 N–H and O–H groups in total. The summed E-state index contributed by atoms with van der Waals surface area (Å²) in [6.45, 7) is 4.75. The van der Waals surface area contributed by atoms with E-state index in [1.807, 2.05) is 26.0 Å². The predicted octanol–water partition coefficient (Wildman–Crippen LogP) is 3.58. The van der Waals surface area contributed by atoms with Gasteiger partial charge in [-0.3, -0.25) is 4.79 Å². The van der Waals surface area contributed by atoms with Crippen molar-refractivity contribution in [3.8, 4) is 17.6 Å². The number of rotatable bonds is 7. The Balaban J connectivity index is 1.71. The fourth-order valence-electron chi connectivity index (χ4n) is 3.39. The Morgan fingerprint density at radius 3 is 2.43 bits per heavy atom. The van der Waals surface area contributed by atoms with Crippen molar-refractivity contribution in [1.82, 2.24) is 10.3 Å². The minimum Gasteiger partial charge on any atom is -0.496 e. The molecule has 0 bridgehead atoms. The Kier molecular flexibility index (Phi) is 6.38. The number of hydrogen-bond donors (Lipinski definition) is 2. The van der Waals surface area contributed by atoms with Gasteiger partial charge >= 0.3 is 0 Å². The van der Waals surface area contributed by atoms with Gasteiger partial charge in [0.05, 0.1) is 25.3 Å². The molecule has 0 aliphatic rings. The fraction of sp³-hybridized carbons (Fsp3) is 0.261. The molecule has 0 saturated heterocycles. The number of hydrogen-bond acceptors (Lipinski definition) is 6. The number of benzene rings is 2. The zero-order valence-corrected chi connectivity index (χ0v) is 17.5. The van der Waals surface area contributed by atoms with Gasteiger partial charge in [-0.1, -0.05) is 17.7 Å². The number of carbonyl (C=O) groups is 1. The van der Waals surface area contributed by atoms with Gasteiger partial charge in [-0.05, 0) is 43.7 Å². The molecule has 0 spiro atoms. The maximum Gasteiger partial charge on any atom is 0.258 e. The topological polar surface area (TPSA) is 96.3 Å². The summed E-state index contributed by atoms with van der Waals surface area (Å²) in [6.07, 6.45) is 0. The second-order valence-electron chi connectivity index (χ2n) is 6.87. The monoisotopic (exact) mass is 404 g/mol. The predicted molar refractivity (Wildman–Crippen MR) is 116 cm³/mol. The van der Waals surface area contributed by atoms with Gasteiger partial charge in [-0.15, -0.1) is 0 Å². The van der Waals surface area contributed by atoms with Gasteiger partial charge in [0.15, 0.2) is 0 Å². The molecule has 1 heterocycles. The Labute approximate surface area is 175 Å². The van der Waals surface area contributed by atoms with Crippen LogP contribution in [-0.2, 0) is 0 Å². The summed E-state index contributed by atoms with van der Waals surface area (Å²) < 4.78 is 10.5. The maximum absolute atomic E-state index is 12.6. The minimum atomic E-state index is -0.301. The molecular formula is C23H24N4O3. The molecule has 0 fully saturated rings. The lowest BCUT2D eigenvalue weighted by atomic mass is 10.1. The first-order valence-electron chi connectivity index (χ1n) is 9.53. The Bertz CT molecular complexity index is 1110. The first-order valence-corrected chi connectivity index (χ1v) is 9.53. The average Bonchev–Trinajstić information content (AvgIpc) is 2.75. The minimum absolute atomic E-state index is 0.301. The van der Waals surface area contributed by atoms with E-state index in [-0.39, 0.29) is 5.91 Å². The Hall–Kier alpha value is -3.79. The second-order valence-corrected chi connectivity index (χ2v) is 6.87. The molecule has 30 heavy (non-hydrogen) atoms. The van der Waals surface area contributed by atoms with Gasteiger partial charge in [0.2, 0.25) is 0 Å². The van der Waals surface area contributed by atoms with Crippen molar-refractivity contribution in [3.05, 3.63) is 58.7 Å². The van der Waals surface area contributed by atoms with Gasteiger partial charge < -0.3 is 20.1 Å². The van der Waals surface area contributed by atoms with E-state index < -0.39 is 0 Å². The number of pyridine rings is 1. The molecule has 0 saturated carbocycles. The van der Waals surface area contributed by atoms with Crippen LogP contribution < -0.4 is 20.1 Å². The molecule has 0 atom stereocenters. The summed E-state index contributed by atoms with van der Waals surface area (Å²) in [6, 6.07) is 13.3. The SMILES string of the molecule is COc1cccc(OC)c1C(=O)NCCNc1nc2c(C)cc(C)cc2cc1C#N. The fourth-order valence-corrected chi connectivity index (χ4v) is 3.39. The lowest BCUT2D eigenvalue weighted by Gasteiger charge is -2.14. The number of nitriles is 1. The van der Waals surface area contributed by atoms with Gasteiger partial charge in [0.25, 0.3) is 5.91 Å². The molecule has 1 aromatic heterocycles. The Morgan fingerprint density at radius 1 is 1.10 bits per heavy atom. The second kappa shape index (κ2) is 9.14. The van der Waals surface area contributed by atoms with Crippen LogP contribution in [0.4, 0.5) is 5.82 Å². The standard InChI is InChI=1S/C23H24N4O3/c1-14-10-15(2)21-16(11-14)12-17(13-24)22(27-21)25-8-9-26-23(28)20-18(29-3)6-5-7-19(20)30-4/h5-7,10-12H,8-9H2,1-4H3,(H,25,27)(H,26,28). The van der Waals surface area contributed by atoms with Crippen LogP contribution in [0.1, 0.15) is 27.0 Å². The molecule has 3 rings (SSSR count). The van der Waals surface area contributed by atoms with E-state index in [1.165, 1.54) is 14.2 Å². The third-order valence-corrected chi connectivity index (χ3v) is 4.73. The van der Waals surface area contributed by atoms with Crippen molar-refractivity contribution in [2.24, 2.45) is 0 Å². The van der Waals surface area contributed by atoms with Crippen molar-refractivity contribution < 1.29 is 14.3 Å². The van der Waals surface area contributed by atoms with Crippen molar-refractivity contribution in [2.75, 3.05) is 32.6 Å². The number of nitrogens with zero attached hydrogens (tertiary/aromatic N) is 2. The number of aromatic nitrogens is 1. The van der Waals surface area contributed by atoms with Crippen LogP contribution in [-0.4, -0.2) is 38.2 Å². The maximum atomic E-state index is 12.6. The third kappa shape index (κ3) is 4.28. The number of nitrogens with one attached hydrogen (secondary N) is 2. The number of aryl methyl sites for hydroxylation is 2. The Morgan fingerprint density at radius 2 is 1.80 bits per heavy atom. The zero-order chi connectivity index (χ0) is 21.7. The summed E-state index contributed by atoms with van der Waals surface area (Å²) in [5.74, 6) is 1.08. The van der Waals surface area contributed by atoms with E-state index in [0.29, 0.717) is 41.5 Å². The number of ether oxygens (including phenoxy) is 2. The van der Waals surface area contributed by atoms with E-state index in [9.17, 15) is 10.1 Å². The van der Waals surface area contributed by atoms with E-state index in [1.54, 1.807) is 18.2 Å². The van der Waals surface area contributed by atoms with Crippen LogP contribution in [0.25, 0.3) is 10.9 Å². The van der Waals surface area contributed by atoms with E-state index in [2.05, 4.69) is 27.8 Å². The number of anilines is 1. The van der Waals surface area contributed by atoms with E-state index >= 15 is 0 Å². The quantitative estimate of drug-likeness (QED) is 0.584. The molecule has 0 radical (unpaired) electrons. The molecule has 3 aromatic rings. The highest BCUT2D eigenvalue weighted by Crippen LogP contribution is 2.28. The normalized spacial score (nSPS) is 10.4. The first-order chi connectivity index (χ1) is 14.5. The van der Waals surface area contributed by atoms with Gasteiger partial charge in [0.1, 0.15) is 28.9 Å². The lowest BCUT2D eigenvalue weighted by Crippen LogP contribution is -2.29. The molecule has 0 aliphatic heterocycles. The van der Waals surface area contributed by atoms with Crippen LogP contribution >= 0.6 is 0 Å². The summed E-state index contributed by atoms with van der Waals surface area (Å²) in [5, 5.41) is 16.4. The van der Waals surface area contributed by atoms with Crippen LogP contribution in [0.5, 0.6) is 11.5 Å². The molecule has 154 valence electrons. The van der Waals surface area contributed by atoms with Crippen molar-refractivity contribution in [2.45, 2.75) is 13.8 Å². The van der Waals surface area contributed by atoms with Gasteiger partial charge in [-0.25, -0.2) is 4.98 Å². The molecular weight excluding hydrogens is 380 g/mol. The van der Waals surface area contributed by atoms with Crippen LogP contribution in [0.15, 0.2) is 36.4 Å².